The SMILES string of the molecule is CCc1cnc(CCNC)n1C. The Bertz CT molecular complexity index is 240. The van der Waals surface area contributed by atoms with Crippen molar-refractivity contribution in [3.05, 3.63) is 17.7 Å². The lowest BCUT2D eigenvalue weighted by molar-refractivity contribution is 0.702. The summed E-state index contributed by atoms with van der Waals surface area (Å²) in [5, 5.41) is 3.12. The summed E-state index contributed by atoms with van der Waals surface area (Å²) < 4.78 is 2.18. The average molecular weight is 167 g/mol. The average Bonchev–Trinajstić information content (AvgIpc) is 2.43. The third-order valence-electron chi connectivity index (χ3n) is 2.14. The van der Waals surface area contributed by atoms with Gasteiger partial charge >= 0.3 is 0 Å². The first kappa shape index (κ1) is 9.26. The van der Waals surface area contributed by atoms with Crippen LogP contribution in [0.1, 0.15) is 18.4 Å². The first-order valence-corrected chi connectivity index (χ1v) is 4.43. The quantitative estimate of drug-likeness (QED) is 0.717. The van der Waals surface area contributed by atoms with Crippen LogP contribution in [0.3, 0.4) is 0 Å². The minimum atomic E-state index is 0.994. The first-order chi connectivity index (χ1) is 5.79. The van der Waals surface area contributed by atoms with Gasteiger partial charge in [-0.1, -0.05) is 6.92 Å². The van der Waals surface area contributed by atoms with Gasteiger partial charge in [0, 0.05) is 31.9 Å². The Balaban J connectivity index is 2.66. The highest BCUT2D eigenvalue weighted by Crippen LogP contribution is 2.03. The van der Waals surface area contributed by atoms with Crippen molar-refractivity contribution in [2.75, 3.05) is 13.6 Å². The number of aromatic nitrogens is 2. The van der Waals surface area contributed by atoms with Crippen LogP contribution in [-0.2, 0) is 19.9 Å². The van der Waals surface area contributed by atoms with Crippen molar-refractivity contribution in [2.24, 2.45) is 7.05 Å². The molecule has 12 heavy (non-hydrogen) atoms. The molecule has 1 N–H and O–H groups in total. The molecule has 0 aliphatic carbocycles. The molecule has 0 saturated heterocycles. The Labute approximate surface area is 73.8 Å². The normalized spacial score (nSPS) is 10.6. The summed E-state index contributed by atoms with van der Waals surface area (Å²) in [4.78, 5) is 4.35. The van der Waals surface area contributed by atoms with E-state index in [4.69, 9.17) is 0 Å². The van der Waals surface area contributed by atoms with Gasteiger partial charge in [-0.05, 0) is 13.5 Å². The van der Waals surface area contributed by atoms with E-state index in [9.17, 15) is 0 Å². The fourth-order valence-electron chi connectivity index (χ4n) is 1.29. The van der Waals surface area contributed by atoms with E-state index >= 15 is 0 Å². The summed E-state index contributed by atoms with van der Waals surface area (Å²) in [6.45, 7) is 3.15. The molecule has 1 aromatic heterocycles. The van der Waals surface area contributed by atoms with Crippen LogP contribution >= 0.6 is 0 Å². The molecule has 0 amide bonds. The van der Waals surface area contributed by atoms with Gasteiger partial charge in [-0.15, -0.1) is 0 Å². The zero-order valence-electron chi connectivity index (χ0n) is 8.09. The predicted molar refractivity (Wildman–Crippen MR) is 50.2 cm³/mol. The zero-order valence-corrected chi connectivity index (χ0v) is 8.09. The van der Waals surface area contributed by atoms with Crippen LogP contribution in [0.4, 0.5) is 0 Å². The van der Waals surface area contributed by atoms with Crippen molar-refractivity contribution in [1.29, 1.82) is 0 Å². The molecule has 68 valence electrons. The number of nitrogens with zero attached hydrogens (tertiary/aromatic N) is 2. The van der Waals surface area contributed by atoms with Gasteiger partial charge in [-0.2, -0.15) is 0 Å². The smallest absolute Gasteiger partial charge is 0.109 e. The van der Waals surface area contributed by atoms with Crippen LogP contribution in [0.15, 0.2) is 6.20 Å². The summed E-state index contributed by atoms with van der Waals surface area (Å²) >= 11 is 0. The van der Waals surface area contributed by atoms with E-state index in [1.165, 1.54) is 11.5 Å². The Hall–Kier alpha value is -0.830. The molecule has 0 aliphatic rings. The van der Waals surface area contributed by atoms with Crippen LogP contribution in [0.5, 0.6) is 0 Å². The third-order valence-corrected chi connectivity index (χ3v) is 2.14. The predicted octanol–water partition coefficient (Wildman–Crippen LogP) is 0.744. The standard InChI is InChI=1S/C9H17N3/c1-4-8-7-11-9(12(8)3)5-6-10-2/h7,10H,4-6H2,1-3H3. The van der Waals surface area contributed by atoms with E-state index in [-0.39, 0.29) is 0 Å². The van der Waals surface area contributed by atoms with Crippen LogP contribution in [0, 0.1) is 0 Å². The highest BCUT2D eigenvalue weighted by atomic mass is 15.1. The molecule has 0 saturated carbocycles. The lowest BCUT2D eigenvalue weighted by atomic mass is 10.3. The molecule has 1 rings (SSSR count). The van der Waals surface area contributed by atoms with Gasteiger partial charge < -0.3 is 9.88 Å². The van der Waals surface area contributed by atoms with E-state index in [2.05, 4.69) is 28.8 Å². The lowest BCUT2D eigenvalue weighted by Crippen LogP contribution is -2.13. The van der Waals surface area contributed by atoms with Crippen LogP contribution in [-0.4, -0.2) is 23.1 Å². The Morgan fingerprint density at radius 2 is 2.33 bits per heavy atom. The number of imidazole rings is 1. The number of likely N-dealkylation sites (N-methyl/N-ethyl adjacent to an activating group) is 1. The summed E-state index contributed by atoms with van der Waals surface area (Å²) in [7, 11) is 4.04. The summed E-state index contributed by atoms with van der Waals surface area (Å²) in [5.41, 5.74) is 1.31. The third kappa shape index (κ3) is 1.85. The molecule has 3 heteroatoms. The fourth-order valence-corrected chi connectivity index (χ4v) is 1.29. The van der Waals surface area contributed by atoms with Gasteiger partial charge in [-0.25, -0.2) is 4.98 Å². The molecular formula is C9H17N3. The number of hydrogen-bond donors (Lipinski definition) is 1. The molecule has 0 atom stereocenters. The second kappa shape index (κ2) is 4.26. The van der Waals surface area contributed by atoms with E-state index in [1.54, 1.807) is 0 Å². The van der Waals surface area contributed by atoms with E-state index in [0.29, 0.717) is 0 Å². The Morgan fingerprint density at radius 1 is 1.58 bits per heavy atom. The molecule has 0 aromatic carbocycles. The number of rotatable bonds is 4. The fraction of sp³-hybridized carbons (Fsp3) is 0.667. The molecule has 3 nitrogen and oxygen atoms in total. The van der Waals surface area contributed by atoms with Gasteiger partial charge in [0.1, 0.15) is 5.82 Å². The zero-order chi connectivity index (χ0) is 8.97. The van der Waals surface area contributed by atoms with Crippen molar-refractivity contribution in [3.63, 3.8) is 0 Å². The molecular weight excluding hydrogens is 150 g/mol. The maximum Gasteiger partial charge on any atom is 0.109 e. The minimum absolute atomic E-state index is 0.994. The van der Waals surface area contributed by atoms with Gasteiger partial charge in [0.05, 0.1) is 0 Å². The second-order valence-electron chi connectivity index (χ2n) is 2.93. The molecule has 0 bridgehead atoms. The van der Waals surface area contributed by atoms with E-state index in [1.807, 2.05) is 13.2 Å². The molecule has 0 aliphatic heterocycles. The van der Waals surface area contributed by atoms with Gasteiger partial charge in [-0.3, -0.25) is 0 Å². The monoisotopic (exact) mass is 167 g/mol. The number of nitrogens with one attached hydrogen (secondary N) is 1. The summed E-state index contributed by atoms with van der Waals surface area (Å²) in [6, 6.07) is 0. The Morgan fingerprint density at radius 3 is 2.83 bits per heavy atom. The lowest BCUT2D eigenvalue weighted by Gasteiger charge is -2.03. The second-order valence-corrected chi connectivity index (χ2v) is 2.93. The molecule has 0 radical (unpaired) electrons. The van der Waals surface area contributed by atoms with Gasteiger partial charge in [0.25, 0.3) is 0 Å². The maximum atomic E-state index is 4.35. The number of aryl methyl sites for hydroxylation is 1. The highest BCUT2D eigenvalue weighted by Gasteiger charge is 2.02. The van der Waals surface area contributed by atoms with Crippen molar-refractivity contribution in [1.82, 2.24) is 14.9 Å². The molecule has 0 fully saturated rings. The topological polar surface area (TPSA) is 29.9 Å². The van der Waals surface area contributed by atoms with Gasteiger partial charge in [0.15, 0.2) is 0 Å². The maximum absolute atomic E-state index is 4.35. The summed E-state index contributed by atoms with van der Waals surface area (Å²) in [6.07, 6.45) is 4.03. The van der Waals surface area contributed by atoms with Crippen molar-refractivity contribution in [2.45, 2.75) is 19.8 Å². The van der Waals surface area contributed by atoms with Crippen LogP contribution < -0.4 is 5.32 Å². The van der Waals surface area contributed by atoms with Crippen molar-refractivity contribution in [3.8, 4) is 0 Å². The van der Waals surface area contributed by atoms with Crippen molar-refractivity contribution >= 4 is 0 Å². The Kier molecular flexibility index (Phi) is 3.29. The van der Waals surface area contributed by atoms with Crippen LogP contribution in [0.2, 0.25) is 0 Å². The summed E-state index contributed by atoms with van der Waals surface area (Å²) in [5.74, 6) is 1.17. The van der Waals surface area contributed by atoms with Gasteiger partial charge in [0.2, 0.25) is 0 Å². The minimum Gasteiger partial charge on any atom is -0.335 e. The largest absolute Gasteiger partial charge is 0.335 e. The van der Waals surface area contributed by atoms with E-state index < -0.39 is 0 Å². The van der Waals surface area contributed by atoms with Crippen molar-refractivity contribution < 1.29 is 0 Å². The number of hydrogen-bond acceptors (Lipinski definition) is 2. The highest BCUT2D eigenvalue weighted by molar-refractivity contribution is 5.04. The molecule has 0 spiro atoms. The van der Waals surface area contributed by atoms with E-state index in [0.717, 1.165) is 19.4 Å². The van der Waals surface area contributed by atoms with Crippen LogP contribution in [0.25, 0.3) is 0 Å². The first-order valence-electron chi connectivity index (χ1n) is 4.43. The molecule has 1 heterocycles. The molecule has 0 unspecified atom stereocenters. The molecule has 1 aromatic rings.